The minimum Gasteiger partial charge on any atom is -0.447 e. The van der Waals surface area contributed by atoms with Gasteiger partial charge < -0.3 is 29.9 Å². The number of aliphatic hydroxyl groups is 2. The number of hydrogen-bond acceptors (Lipinski definition) is 16. The molecule has 5 atom stereocenters. The zero-order chi connectivity index (χ0) is 75.0. The van der Waals surface area contributed by atoms with Gasteiger partial charge in [0.1, 0.15) is 48.1 Å². The van der Waals surface area contributed by atoms with Crippen LogP contribution in [0.4, 0.5) is 49.4 Å². The first-order valence-electron chi connectivity index (χ1n) is 32.6. The summed E-state index contributed by atoms with van der Waals surface area (Å²) in [7, 11) is 3.60. The molecular formula is C74H81Cl3F4N12O10. The zero-order valence-electron chi connectivity index (χ0n) is 58.2. The molecule has 0 radical (unpaired) electrons. The lowest BCUT2D eigenvalue weighted by Gasteiger charge is -2.48. The zero-order valence-corrected chi connectivity index (χ0v) is 60.5. The van der Waals surface area contributed by atoms with Crippen LogP contribution in [0.15, 0.2) is 158 Å². The van der Waals surface area contributed by atoms with E-state index in [1.54, 1.807) is 109 Å². The molecule has 0 spiro atoms. The minimum atomic E-state index is -1.49. The van der Waals surface area contributed by atoms with Crippen LogP contribution in [-0.4, -0.2) is 145 Å². The van der Waals surface area contributed by atoms with Crippen LogP contribution in [0.1, 0.15) is 72.1 Å². The summed E-state index contributed by atoms with van der Waals surface area (Å²) in [5.74, 6) is -4.01. The number of anilines is 3. The van der Waals surface area contributed by atoms with Gasteiger partial charge in [-0.25, -0.2) is 57.3 Å². The second kappa shape index (κ2) is 35.7. The summed E-state index contributed by atoms with van der Waals surface area (Å²) in [5.41, 5.74) is 2.02. The van der Waals surface area contributed by atoms with Crippen LogP contribution in [0, 0.1) is 35.1 Å². The number of hydrogen-bond donors (Lipinski definition) is 6. The standard InChI is InChI=1S/C48H51Cl2F3N8O6.C26H30ClFN4O4/c1-29(48(3,4)65)42(28-67-61(44-21-36-19-38(52)17-15-32(36)23-55-44)46(63)56-24-33-11-9-13-41(53)45(33)50)60(30(2)62)59(25-34-10-7-8-12-40(34)49)39(26-58(5)6)27-66-47(64)57-43-20-35-18-37(51)16-14-31(35)22-54-43;1-16(26(3,4)35)23(32(17(2)33)30-14-19-7-5-6-8-22(19)27)15-36-25(34)31-24-12-20-11-21(28)10-9-18(20)13-29-24/h7-23,29,39,42,65H,24-28H2,1-6H3,(H,56,63)(H,54,57,64);5-13,16,23,30,35H,14-15H2,1-4H3,(H,29,31,34)/t29?,39-,42+;16?,23-/m01/s1. The van der Waals surface area contributed by atoms with E-state index < -0.39 is 95.2 Å². The van der Waals surface area contributed by atoms with Crippen LogP contribution < -0.4 is 26.4 Å². The first-order valence-corrected chi connectivity index (χ1v) is 33.7. The van der Waals surface area contributed by atoms with Gasteiger partial charge in [-0.15, -0.1) is 0 Å². The van der Waals surface area contributed by atoms with Crippen LogP contribution in [0.2, 0.25) is 15.1 Å². The Labute approximate surface area is 608 Å². The van der Waals surface area contributed by atoms with Gasteiger partial charge in [-0.3, -0.25) is 35.1 Å². The number of benzene rings is 6. The summed E-state index contributed by atoms with van der Waals surface area (Å²) in [6, 6.07) is 31.9. The number of likely N-dealkylation sites (N-methyl/N-ethyl adjacent to an activating group) is 1. The third kappa shape index (κ3) is 22.1. The molecule has 29 heteroatoms. The van der Waals surface area contributed by atoms with E-state index in [9.17, 15) is 51.7 Å². The molecule has 103 heavy (non-hydrogen) atoms. The van der Waals surface area contributed by atoms with Crippen LogP contribution in [0.5, 0.6) is 0 Å². The van der Waals surface area contributed by atoms with Crippen molar-refractivity contribution in [1.29, 1.82) is 0 Å². The van der Waals surface area contributed by atoms with E-state index in [0.717, 1.165) is 16.0 Å². The quantitative estimate of drug-likeness (QED) is 0.0207. The molecule has 6 aromatic carbocycles. The van der Waals surface area contributed by atoms with Crippen molar-refractivity contribution in [2.45, 2.75) is 104 Å². The molecule has 546 valence electrons. The van der Waals surface area contributed by atoms with Crippen molar-refractivity contribution < 1.29 is 66.1 Å². The lowest BCUT2D eigenvalue weighted by atomic mass is 9.86. The molecule has 0 saturated carbocycles. The first-order chi connectivity index (χ1) is 48.7. The first kappa shape index (κ1) is 79.4. The molecule has 3 aromatic heterocycles. The average Bonchev–Trinajstić information content (AvgIpc) is 0.796. The molecule has 0 saturated heterocycles. The van der Waals surface area contributed by atoms with Gasteiger partial charge in [0.15, 0.2) is 5.82 Å². The fraction of sp³-hybridized carbons (Fsp3) is 0.324. The van der Waals surface area contributed by atoms with Crippen molar-refractivity contribution in [2.75, 3.05) is 56.2 Å². The molecule has 2 unspecified atom stereocenters. The molecule has 9 rings (SSSR count). The van der Waals surface area contributed by atoms with Crippen molar-refractivity contribution in [3.63, 3.8) is 0 Å². The number of urea groups is 1. The number of carbonyl (C=O) groups is 5. The van der Waals surface area contributed by atoms with Crippen molar-refractivity contribution in [1.82, 2.24) is 45.6 Å². The molecule has 0 fully saturated rings. The largest absolute Gasteiger partial charge is 0.447 e. The van der Waals surface area contributed by atoms with Crippen LogP contribution in [0.3, 0.4) is 0 Å². The highest BCUT2D eigenvalue weighted by atomic mass is 35.5. The molecule has 0 aliphatic carbocycles. The summed E-state index contributed by atoms with van der Waals surface area (Å²) in [4.78, 5) is 88.2. The van der Waals surface area contributed by atoms with Gasteiger partial charge in [-0.2, -0.15) is 5.06 Å². The summed E-state index contributed by atoms with van der Waals surface area (Å²) in [6.45, 7) is 11.7. The fourth-order valence-corrected chi connectivity index (χ4v) is 11.6. The Balaban J connectivity index is 0.000000314. The van der Waals surface area contributed by atoms with E-state index in [1.807, 2.05) is 17.0 Å². The number of hydroxylamine groups is 1. The summed E-state index contributed by atoms with van der Waals surface area (Å²) < 4.78 is 67.7. The topological polar surface area (TPSA) is 256 Å². The second-order valence-corrected chi connectivity index (χ2v) is 27.1. The monoisotopic (exact) mass is 1480 g/mol. The molecule has 6 amide bonds. The number of ether oxygens (including phenoxy) is 2. The van der Waals surface area contributed by atoms with E-state index in [0.29, 0.717) is 42.5 Å². The Hall–Kier alpha value is -9.35. The normalized spacial score (nSPS) is 13.1. The minimum absolute atomic E-state index is 0.0218. The maximum absolute atomic E-state index is 14.5. The highest BCUT2D eigenvalue weighted by Gasteiger charge is 2.42. The van der Waals surface area contributed by atoms with Crippen molar-refractivity contribution >= 4 is 115 Å². The number of nitrogens with one attached hydrogen (secondary N) is 4. The number of halogens is 7. The number of pyridine rings is 3. The number of rotatable bonds is 27. The third-order valence-electron chi connectivity index (χ3n) is 17.2. The second-order valence-electron chi connectivity index (χ2n) is 25.9. The Morgan fingerprint density at radius 2 is 1.04 bits per heavy atom. The molecule has 6 N–H and O–H groups in total. The highest BCUT2D eigenvalue weighted by Crippen LogP contribution is 2.32. The average molecular weight is 1480 g/mol. The van der Waals surface area contributed by atoms with E-state index in [-0.39, 0.29) is 73.3 Å². The Bertz CT molecular complexity index is 4480. The fourth-order valence-electron chi connectivity index (χ4n) is 11.0. The van der Waals surface area contributed by atoms with Crippen molar-refractivity contribution in [2.24, 2.45) is 11.8 Å². The van der Waals surface area contributed by atoms with E-state index in [4.69, 9.17) is 49.1 Å². The Morgan fingerprint density at radius 3 is 1.54 bits per heavy atom. The summed E-state index contributed by atoms with van der Waals surface area (Å²) in [5, 5.41) is 39.5. The number of nitrogens with zero attached hydrogens (tertiary/aromatic N) is 8. The maximum Gasteiger partial charge on any atom is 0.412 e. The lowest BCUT2D eigenvalue weighted by Crippen LogP contribution is -2.63. The number of amides is 6. The smallest absolute Gasteiger partial charge is 0.412 e. The van der Waals surface area contributed by atoms with Crippen molar-refractivity contribution in [3.05, 3.63) is 213 Å². The van der Waals surface area contributed by atoms with Gasteiger partial charge in [-0.1, -0.05) is 97.2 Å². The van der Waals surface area contributed by atoms with Crippen molar-refractivity contribution in [3.8, 4) is 0 Å². The van der Waals surface area contributed by atoms with E-state index >= 15 is 0 Å². The van der Waals surface area contributed by atoms with Gasteiger partial charge in [0, 0.05) is 96.7 Å². The third-order valence-corrected chi connectivity index (χ3v) is 18.3. The highest BCUT2D eigenvalue weighted by molar-refractivity contribution is 6.32. The molecule has 3 heterocycles. The molecule has 9 aromatic rings. The Kier molecular flexibility index (Phi) is 27.5. The number of aromatic nitrogens is 3. The molecule has 0 aliphatic rings. The number of hydrazine groups is 2. The summed E-state index contributed by atoms with van der Waals surface area (Å²) >= 11 is 19.2. The maximum atomic E-state index is 14.5. The summed E-state index contributed by atoms with van der Waals surface area (Å²) in [6.07, 6.45) is 2.74. The van der Waals surface area contributed by atoms with Gasteiger partial charge in [-0.05, 0) is 166 Å². The van der Waals surface area contributed by atoms with E-state index in [2.05, 4.69) is 36.3 Å². The van der Waals surface area contributed by atoms with Crippen LogP contribution in [0.25, 0.3) is 32.3 Å². The predicted octanol–water partition coefficient (Wildman–Crippen LogP) is 14.3. The molecule has 22 nitrogen and oxygen atoms in total. The van der Waals surface area contributed by atoms with Gasteiger partial charge >= 0.3 is 18.2 Å². The van der Waals surface area contributed by atoms with Gasteiger partial charge in [0.25, 0.3) is 0 Å². The number of carbonyl (C=O) groups excluding carboxylic acids is 5. The van der Waals surface area contributed by atoms with Gasteiger partial charge in [0.05, 0.1) is 41.0 Å². The predicted molar refractivity (Wildman–Crippen MR) is 388 cm³/mol. The molecular weight excluding hydrogens is 1400 g/mol. The van der Waals surface area contributed by atoms with Crippen LogP contribution in [-0.2, 0) is 43.5 Å². The molecule has 0 aliphatic heterocycles. The Morgan fingerprint density at radius 1 is 0.553 bits per heavy atom. The molecule has 0 bridgehead atoms. The SMILES string of the molecule is CC(=O)N(NCc1ccccc1Cl)[C@H](COC(=O)Nc1cc2cc(F)ccc2cn1)C(C)C(C)(C)O.CC(=O)N([C@H](CON(C(=O)NCc1cccc(F)c1Cl)c1cc2cc(F)ccc2cn1)C(C)C(C)(C)O)N(Cc1ccccc1Cl)[C@H](COC(=O)Nc1cc2cc(F)ccc2cn1)CN(C)C. The van der Waals surface area contributed by atoms with E-state index in [1.165, 1.54) is 121 Å². The number of fused-ring (bicyclic) bond motifs is 3. The van der Waals surface area contributed by atoms with Crippen LogP contribution >= 0.6 is 34.8 Å². The van der Waals surface area contributed by atoms with Gasteiger partial charge in [0.2, 0.25) is 11.8 Å². The lowest BCUT2D eigenvalue weighted by molar-refractivity contribution is -0.181.